The summed E-state index contributed by atoms with van der Waals surface area (Å²) in [5.41, 5.74) is 9.47. The molecule has 13 heteroatoms. The van der Waals surface area contributed by atoms with Gasteiger partial charge in [0, 0.05) is 81.4 Å². The highest BCUT2D eigenvalue weighted by atomic mass is 19.1. The first-order chi connectivity index (χ1) is 25.2. The fourth-order valence-electron chi connectivity index (χ4n) is 8.05. The summed E-state index contributed by atoms with van der Waals surface area (Å²) >= 11 is 0. The van der Waals surface area contributed by atoms with E-state index in [1.807, 2.05) is 0 Å². The van der Waals surface area contributed by atoms with Crippen LogP contribution in [0, 0.1) is 18.6 Å². The smallest absolute Gasteiger partial charge is 0.234 e. The number of nitrogens with zero attached hydrogens (tertiary/aromatic N) is 7. The number of halogens is 2. The number of imide groups is 1. The normalized spacial score (nSPS) is 21.0. The van der Waals surface area contributed by atoms with Crippen LogP contribution in [0.4, 0.5) is 20.3 Å². The van der Waals surface area contributed by atoms with Crippen LogP contribution in [-0.2, 0) is 9.59 Å². The van der Waals surface area contributed by atoms with Crippen LogP contribution < -0.4 is 16.0 Å². The van der Waals surface area contributed by atoms with E-state index in [9.17, 15) is 18.4 Å². The highest BCUT2D eigenvalue weighted by molar-refractivity contribution is 6.00. The molecule has 8 rings (SSSR count). The van der Waals surface area contributed by atoms with Gasteiger partial charge in [0.2, 0.25) is 11.8 Å². The molecule has 3 N–H and O–H groups in total. The lowest BCUT2D eigenvalue weighted by atomic mass is 9.90. The molecule has 276 valence electrons. The van der Waals surface area contributed by atoms with Crippen LogP contribution in [0.3, 0.4) is 0 Å². The molecule has 2 aromatic carbocycles. The number of aromatic nitrogens is 3. The molecular weight excluding hydrogens is 664 g/mol. The minimum Gasteiger partial charge on any atom is -0.381 e. The van der Waals surface area contributed by atoms with Gasteiger partial charge in [-0.05, 0) is 94.5 Å². The summed E-state index contributed by atoms with van der Waals surface area (Å²) in [4.78, 5) is 42.0. The second-order valence-electron chi connectivity index (χ2n) is 14.5. The van der Waals surface area contributed by atoms with Gasteiger partial charge in [0.05, 0.1) is 17.8 Å². The summed E-state index contributed by atoms with van der Waals surface area (Å²) in [6.45, 7) is 13.5. The van der Waals surface area contributed by atoms with Gasteiger partial charge in [-0.2, -0.15) is 0 Å². The standard InChI is InChI=1S/C26H39N5O2.C13H10F2N4/c32-25-8-7-24(26(33)27-25)21-3-5-22(6-4-21)31-19-17-29(18-20-31)16-15-28-13-9-23(10-14-28)30-11-1-2-12-30;1-7-4-8(10(15)5-9(7)14)11-6-18-12(16)13-17-2-3-19(11)13/h3-6,23-24H,1-2,7-20H2,(H,27,32,33);2-6H,1H3,(H2,16,18). The Kier molecular flexibility index (Phi) is 11.1. The van der Waals surface area contributed by atoms with Gasteiger partial charge in [0.25, 0.3) is 0 Å². The Bertz CT molecular complexity index is 1860. The largest absolute Gasteiger partial charge is 0.381 e. The quantitative estimate of drug-likeness (QED) is 0.268. The van der Waals surface area contributed by atoms with Gasteiger partial charge in [-0.25, -0.2) is 18.7 Å². The molecule has 4 fully saturated rings. The van der Waals surface area contributed by atoms with Gasteiger partial charge in [-0.3, -0.25) is 24.2 Å². The fraction of sp³-hybridized carbons (Fsp3) is 0.487. The molecule has 4 saturated heterocycles. The van der Waals surface area contributed by atoms with Crippen molar-refractivity contribution in [2.24, 2.45) is 0 Å². The van der Waals surface area contributed by atoms with Crippen molar-refractivity contribution in [3.63, 3.8) is 0 Å². The number of amides is 2. The van der Waals surface area contributed by atoms with E-state index in [1.165, 1.54) is 82.9 Å². The molecule has 0 saturated carbocycles. The molecule has 0 spiro atoms. The second-order valence-corrected chi connectivity index (χ2v) is 14.5. The molecule has 11 nitrogen and oxygen atoms in total. The van der Waals surface area contributed by atoms with E-state index >= 15 is 0 Å². The number of carbonyl (C=O) groups is 2. The number of piperidine rings is 2. The maximum Gasteiger partial charge on any atom is 0.234 e. The van der Waals surface area contributed by atoms with Crippen molar-refractivity contribution in [1.82, 2.24) is 34.4 Å². The van der Waals surface area contributed by atoms with Crippen molar-refractivity contribution < 1.29 is 18.4 Å². The van der Waals surface area contributed by atoms with Gasteiger partial charge in [-0.1, -0.05) is 12.1 Å². The van der Waals surface area contributed by atoms with Crippen LogP contribution in [0.5, 0.6) is 0 Å². The number of rotatable bonds is 7. The van der Waals surface area contributed by atoms with Gasteiger partial charge in [0.1, 0.15) is 11.6 Å². The lowest BCUT2D eigenvalue weighted by Crippen LogP contribution is -2.50. The topological polar surface area (TPSA) is 115 Å². The highest BCUT2D eigenvalue weighted by Gasteiger charge is 2.29. The molecule has 6 heterocycles. The Morgan fingerprint density at radius 3 is 2.23 bits per heavy atom. The molecule has 4 aliphatic heterocycles. The van der Waals surface area contributed by atoms with Gasteiger partial charge in [0.15, 0.2) is 11.5 Å². The van der Waals surface area contributed by atoms with Crippen molar-refractivity contribution in [2.45, 2.75) is 57.4 Å². The maximum absolute atomic E-state index is 13.9. The van der Waals surface area contributed by atoms with Crippen LogP contribution in [0.2, 0.25) is 0 Å². The number of nitrogen functional groups attached to an aromatic ring is 1. The van der Waals surface area contributed by atoms with Gasteiger partial charge >= 0.3 is 0 Å². The van der Waals surface area contributed by atoms with E-state index in [2.05, 4.69) is 59.1 Å². The minimum absolute atomic E-state index is 0.155. The number of anilines is 2. The Morgan fingerprint density at radius 2 is 1.54 bits per heavy atom. The highest BCUT2D eigenvalue weighted by Crippen LogP contribution is 2.29. The Morgan fingerprint density at radius 1 is 0.846 bits per heavy atom. The number of piperazine rings is 1. The van der Waals surface area contributed by atoms with E-state index in [1.54, 1.807) is 23.7 Å². The van der Waals surface area contributed by atoms with Crippen molar-refractivity contribution >= 4 is 29.0 Å². The monoisotopic (exact) mass is 713 g/mol. The van der Waals surface area contributed by atoms with E-state index in [-0.39, 0.29) is 29.1 Å². The van der Waals surface area contributed by atoms with E-state index in [4.69, 9.17) is 5.73 Å². The SMILES string of the molecule is Cc1cc(-c2cnc(N)c3nccn23)c(F)cc1F.O=C1CCC(c2ccc(N3CCN(CCN4CCC(N5CCCC5)CC4)CC3)cc2)C(=O)N1. The van der Waals surface area contributed by atoms with E-state index in [0.29, 0.717) is 29.7 Å². The number of nitrogens with two attached hydrogens (primary N) is 1. The molecule has 2 amide bonds. The van der Waals surface area contributed by atoms with Crippen LogP contribution in [-0.4, -0.2) is 112 Å². The number of hydrogen-bond donors (Lipinski definition) is 2. The second kappa shape index (κ2) is 16.1. The molecule has 2 aromatic heterocycles. The third-order valence-corrected chi connectivity index (χ3v) is 11.2. The first-order valence-electron chi connectivity index (χ1n) is 18.6. The predicted octanol–water partition coefficient (Wildman–Crippen LogP) is 4.45. The average Bonchev–Trinajstić information content (AvgIpc) is 3.88. The summed E-state index contributed by atoms with van der Waals surface area (Å²) in [7, 11) is 0. The van der Waals surface area contributed by atoms with Crippen molar-refractivity contribution in [1.29, 1.82) is 0 Å². The predicted molar refractivity (Wildman–Crippen MR) is 198 cm³/mol. The number of hydrogen-bond acceptors (Lipinski definition) is 9. The number of aryl methyl sites for hydroxylation is 1. The molecule has 1 unspecified atom stereocenters. The molecular formula is C39H49F2N9O2. The van der Waals surface area contributed by atoms with E-state index < -0.39 is 11.6 Å². The maximum atomic E-state index is 13.9. The van der Waals surface area contributed by atoms with Crippen molar-refractivity contribution in [2.75, 3.05) is 76.1 Å². The lowest BCUT2D eigenvalue weighted by Gasteiger charge is -2.39. The fourth-order valence-corrected chi connectivity index (χ4v) is 8.05. The molecule has 4 aliphatic rings. The van der Waals surface area contributed by atoms with Crippen LogP contribution >= 0.6 is 0 Å². The van der Waals surface area contributed by atoms with Crippen LogP contribution in [0.15, 0.2) is 55.0 Å². The third kappa shape index (κ3) is 8.11. The average molecular weight is 714 g/mol. The Labute approximate surface area is 303 Å². The Hall–Kier alpha value is -4.46. The first-order valence-corrected chi connectivity index (χ1v) is 18.6. The molecule has 0 bridgehead atoms. The lowest BCUT2D eigenvalue weighted by molar-refractivity contribution is -0.134. The minimum atomic E-state index is -0.648. The number of likely N-dealkylation sites (tertiary alicyclic amines) is 2. The number of fused-ring (bicyclic) bond motifs is 1. The zero-order chi connectivity index (χ0) is 36.2. The summed E-state index contributed by atoms with van der Waals surface area (Å²) in [6.07, 6.45) is 11.2. The Balaban J connectivity index is 0.000000187. The van der Waals surface area contributed by atoms with Crippen molar-refractivity contribution in [3.05, 3.63) is 77.8 Å². The number of carbonyl (C=O) groups excluding carboxylic acids is 2. The zero-order valence-corrected chi connectivity index (χ0v) is 29.9. The van der Waals surface area contributed by atoms with Crippen LogP contribution in [0.25, 0.3) is 16.9 Å². The molecule has 52 heavy (non-hydrogen) atoms. The summed E-state index contributed by atoms with van der Waals surface area (Å²) in [5, 5.41) is 2.46. The first kappa shape index (κ1) is 35.9. The third-order valence-electron chi connectivity index (χ3n) is 11.2. The van der Waals surface area contributed by atoms with Gasteiger partial charge in [-0.15, -0.1) is 0 Å². The zero-order valence-electron chi connectivity index (χ0n) is 29.9. The van der Waals surface area contributed by atoms with Crippen LogP contribution in [0.1, 0.15) is 55.6 Å². The molecule has 1 atom stereocenters. The van der Waals surface area contributed by atoms with Crippen molar-refractivity contribution in [3.8, 4) is 11.3 Å². The molecule has 0 aliphatic carbocycles. The summed E-state index contributed by atoms with van der Waals surface area (Å²) in [6, 6.07) is 11.6. The number of nitrogens with one attached hydrogen (secondary N) is 1. The van der Waals surface area contributed by atoms with E-state index in [0.717, 1.165) is 43.9 Å². The molecule has 4 aromatic rings. The molecule has 0 radical (unpaired) electrons. The van der Waals surface area contributed by atoms with Gasteiger partial charge < -0.3 is 20.4 Å². The number of imidazole rings is 1. The number of benzene rings is 2. The summed E-state index contributed by atoms with van der Waals surface area (Å²) < 4.78 is 28.8. The summed E-state index contributed by atoms with van der Waals surface area (Å²) in [5.74, 6) is -1.48.